The summed E-state index contributed by atoms with van der Waals surface area (Å²) in [6.45, 7) is -0.558. The lowest BCUT2D eigenvalue weighted by Crippen LogP contribution is -2.11. The van der Waals surface area contributed by atoms with Gasteiger partial charge in [0.15, 0.2) is 0 Å². The molecule has 0 aromatic heterocycles. The molecule has 0 fully saturated rings. The third-order valence-electron chi connectivity index (χ3n) is 2.12. The lowest BCUT2D eigenvalue weighted by molar-refractivity contribution is -0.138. The van der Waals surface area contributed by atoms with E-state index in [1.54, 1.807) is 0 Å². The number of rotatable bonds is 4. The molecule has 1 rings (SSSR count). The van der Waals surface area contributed by atoms with Gasteiger partial charge in [-0.15, -0.1) is 0 Å². The normalized spacial score (nSPS) is 12.7. The molecule has 0 amide bonds. The highest BCUT2D eigenvalue weighted by atomic mass is 32.2. The van der Waals surface area contributed by atoms with Gasteiger partial charge in [-0.25, -0.2) is 8.78 Å². The largest absolute Gasteiger partial charge is 0.416 e. The Morgan fingerprint density at radius 3 is 2.00 bits per heavy atom. The molecule has 0 bridgehead atoms. The zero-order valence-electron chi connectivity index (χ0n) is 9.59. The van der Waals surface area contributed by atoms with Crippen LogP contribution >= 0.6 is 0 Å². The highest BCUT2D eigenvalue weighted by Crippen LogP contribution is 2.31. The van der Waals surface area contributed by atoms with Crippen LogP contribution < -0.4 is 0 Å². The second kappa shape index (κ2) is 5.41. The Morgan fingerprint density at radius 2 is 1.63 bits per heavy atom. The van der Waals surface area contributed by atoms with Crippen LogP contribution in [0.25, 0.3) is 0 Å². The summed E-state index contributed by atoms with van der Waals surface area (Å²) in [5.41, 5.74) is -2.10. The SMILES string of the molecule is CS(=O)(=O)OCCc1c(F)cc(C(F)(F)F)cc1F. The molecule has 0 radical (unpaired) electrons. The van der Waals surface area contributed by atoms with Gasteiger partial charge in [-0.1, -0.05) is 0 Å². The van der Waals surface area contributed by atoms with E-state index in [9.17, 15) is 30.4 Å². The van der Waals surface area contributed by atoms with E-state index in [-0.39, 0.29) is 12.1 Å². The van der Waals surface area contributed by atoms with Crippen LogP contribution in [0.2, 0.25) is 0 Å². The number of hydrogen-bond donors (Lipinski definition) is 0. The van der Waals surface area contributed by atoms with Crippen LogP contribution in [0.4, 0.5) is 22.0 Å². The zero-order chi connectivity index (χ0) is 14.8. The van der Waals surface area contributed by atoms with Crippen molar-refractivity contribution in [2.45, 2.75) is 12.6 Å². The molecule has 0 N–H and O–H groups in total. The van der Waals surface area contributed by atoms with Crippen molar-refractivity contribution in [2.24, 2.45) is 0 Å². The average Bonchev–Trinajstić information content (AvgIpc) is 2.18. The summed E-state index contributed by atoms with van der Waals surface area (Å²) in [6, 6.07) is 0.303. The molecular formula is C10H9F5O3S. The fraction of sp³-hybridized carbons (Fsp3) is 0.400. The maximum Gasteiger partial charge on any atom is 0.416 e. The Balaban J connectivity index is 2.92. The molecule has 19 heavy (non-hydrogen) atoms. The molecule has 0 unspecified atom stereocenters. The summed E-state index contributed by atoms with van der Waals surface area (Å²) in [5.74, 6) is -2.80. The molecule has 3 nitrogen and oxygen atoms in total. The summed E-state index contributed by atoms with van der Waals surface area (Å²) in [5, 5.41) is 0. The molecule has 0 spiro atoms. The molecule has 0 atom stereocenters. The van der Waals surface area contributed by atoms with Crippen LogP contribution in [-0.4, -0.2) is 21.3 Å². The van der Waals surface area contributed by atoms with Gasteiger partial charge in [0, 0.05) is 12.0 Å². The van der Waals surface area contributed by atoms with E-state index in [2.05, 4.69) is 4.18 Å². The molecular weight excluding hydrogens is 295 g/mol. The second-order valence-corrected chi connectivity index (χ2v) is 5.34. The van der Waals surface area contributed by atoms with E-state index >= 15 is 0 Å². The zero-order valence-corrected chi connectivity index (χ0v) is 10.4. The fourth-order valence-corrected chi connectivity index (χ4v) is 1.69. The third kappa shape index (κ3) is 4.75. The molecule has 0 aliphatic heterocycles. The summed E-state index contributed by atoms with van der Waals surface area (Å²) in [4.78, 5) is 0. The smallest absolute Gasteiger partial charge is 0.270 e. The second-order valence-electron chi connectivity index (χ2n) is 3.69. The molecule has 9 heteroatoms. The van der Waals surface area contributed by atoms with Crippen molar-refractivity contribution < 1.29 is 34.6 Å². The van der Waals surface area contributed by atoms with E-state index in [0.717, 1.165) is 6.26 Å². The first-order chi connectivity index (χ1) is 8.50. The minimum atomic E-state index is -4.86. The van der Waals surface area contributed by atoms with Crippen molar-refractivity contribution in [1.82, 2.24) is 0 Å². The van der Waals surface area contributed by atoms with Gasteiger partial charge in [-0.2, -0.15) is 21.6 Å². The molecule has 1 aromatic carbocycles. The van der Waals surface area contributed by atoms with Gasteiger partial charge in [0.1, 0.15) is 11.6 Å². The Bertz CT molecular complexity index is 542. The summed E-state index contributed by atoms with van der Waals surface area (Å²) >= 11 is 0. The van der Waals surface area contributed by atoms with E-state index in [4.69, 9.17) is 0 Å². The number of alkyl halides is 3. The van der Waals surface area contributed by atoms with Crippen molar-refractivity contribution in [1.29, 1.82) is 0 Å². The summed E-state index contributed by atoms with van der Waals surface area (Å²) < 4.78 is 88.9. The highest BCUT2D eigenvalue weighted by molar-refractivity contribution is 7.85. The van der Waals surface area contributed by atoms with Crippen LogP contribution in [0.15, 0.2) is 12.1 Å². The first kappa shape index (κ1) is 15.8. The molecule has 0 heterocycles. The molecule has 0 aliphatic rings. The third-order valence-corrected chi connectivity index (χ3v) is 2.71. The summed E-state index contributed by atoms with van der Waals surface area (Å²) in [7, 11) is -3.78. The van der Waals surface area contributed by atoms with Gasteiger partial charge in [0.05, 0.1) is 18.4 Å². The van der Waals surface area contributed by atoms with Crippen molar-refractivity contribution in [3.05, 3.63) is 34.9 Å². The van der Waals surface area contributed by atoms with Gasteiger partial charge < -0.3 is 0 Å². The number of hydrogen-bond acceptors (Lipinski definition) is 3. The van der Waals surface area contributed by atoms with E-state index in [1.807, 2.05) is 0 Å². The average molecular weight is 304 g/mol. The minimum absolute atomic E-state index is 0.152. The fourth-order valence-electron chi connectivity index (χ4n) is 1.30. The first-order valence-corrected chi connectivity index (χ1v) is 6.72. The van der Waals surface area contributed by atoms with Gasteiger partial charge >= 0.3 is 6.18 Å². The molecule has 0 aliphatic carbocycles. The van der Waals surface area contributed by atoms with Crippen LogP contribution in [0.5, 0.6) is 0 Å². The lowest BCUT2D eigenvalue weighted by Gasteiger charge is -2.10. The Kier molecular flexibility index (Phi) is 4.51. The van der Waals surface area contributed by atoms with Gasteiger partial charge in [0.2, 0.25) is 0 Å². The van der Waals surface area contributed by atoms with Crippen molar-refractivity contribution in [3.63, 3.8) is 0 Å². The highest BCUT2D eigenvalue weighted by Gasteiger charge is 2.32. The lowest BCUT2D eigenvalue weighted by atomic mass is 10.1. The predicted octanol–water partition coefficient (Wildman–Crippen LogP) is 2.50. The quantitative estimate of drug-likeness (QED) is 0.634. The topological polar surface area (TPSA) is 43.4 Å². The van der Waals surface area contributed by atoms with Crippen LogP contribution in [0.1, 0.15) is 11.1 Å². The van der Waals surface area contributed by atoms with Crippen LogP contribution in [-0.2, 0) is 26.9 Å². The van der Waals surface area contributed by atoms with Crippen LogP contribution in [0.3, 0.4) is 0 Å². The van der Waals surface area contributed by atoms with Crippen molar-refractivity contribution >= 4 is 10.1 Å². The Hall–Kier alpha value is -1.22. The first-order valence-electron chi connectivity index (χ1n) is 4.90. The minimum Gasteiger partial charge on any atom is -0.270 e. The maximum absolute atomic E-state index is 13.3. The van der Waals surface area contributed by atoms with Crippen LogP contribution in [0, 0.1) is 11.6 Å². The Labute approximate surface area is 106 Å². The molecule has 108 valence electrons. The van der Waals surface area contributed by atoms with Crippen molar-refractivity contribution in [3.8, 4) is 0 Å². The monoisotopic (exact) mass is 304 g/mol. The van der Waals surface area contributed by atoms with Gasteiger partial charge in [0.25, 0.3) is 10.1 Å². The predicted molar refractivity (Wildman–Crippen MR) is 55.9 cm³/mol. The van der Waals surface area contributed by atoms with E-state index in [0.29, 0.717) is 0 Å². The molecule has 0 saturated heterocycles. The van der Waals surface area contributed by atoms with E-state index in [1.165, 1.54) is 0 Å². The van der Waals surface area contributed by atoms with Gasteiger partial charge in [-0.3, -0.25) is 4.18 Å². The van der Waals surface area contributed by atoms with Gasteiger partial charge in [-0.05, 0) is 12.1 Å². The number of halogens is 5. The standard InChI is InChI=1S/C10H9F5O3S/c1-19(16,17)18-3-2-7-8(11)4-6(5-9(7)12)10(13,14)15/h4-5H,2-3H2,1H3. The van der Waals surface area contributed by atoms with E-state index < -0.39 is 52.1 Å². The molecule has 1 aromatic rings. The summed E-state index contributed by atoms with van der Waals surface area (Å²) in [6.07, 6.45) is -4.61. The maximum atomic E-state index is 13.3. The number of benzene rings is 1. The Morgan fingerprint density at radius 1 is 1.16 bits per heavy atom. The van der Waals surface area contributed by atoms with Crippen molar-refractivity contribution in [2.75, 3.05) is 12.9 Å². The molecule has 0 saturated carbocycles.